The Hall–Kier alpha value is -1.84. The summed E-state index contributed by atoms with van der Waals surface area (Å²) in [4.78, 5) is 16.7. The molecule has 1 aliphatic rings. The van der Waals surface area contributed by atoms with E-state index in [1.807, 2.05) is 52.8 Å². The van der Waals surface area contributed by atoms with Crippen molar-refractivity contribution < 1.29 is 14.3 Å². The summed E-state index contributed by atoms with van der Waals surface area (Å²) in [7, 11) is 0. The van der Waals surface area contributed by atoms with E-state index in [0.29, 0.717) is 19.4 Å². The Labute approximate surface area is 138 Å². The highest BCUT2D eigenvalue weighted by molar-refractivity contribution is 5.80. The summed E-state index contributed by atoms with van der Waals surface area (Å²) in [5.74, 6) is 0.549. The standard InChI is InChI=1S/C19H27NO3/c1-18(2,3)23-17(21)12-19(4,5)11-16-20-15(13-22-16)14-9-7-6-8-10-14/h6-10,15H,11-13H2,1-5H3. The zero-order valence-electron chi connectivity index (χ0n) is 14.8. The van der Waals surface area contributed by atoms with E-state index in [4.69, 9.17) is 9.47 Å². The van der Waals surface area contributed by atoms with E-state index >= 15 is 0 Å². The normalized spacial score (nSPS) is 18.3. The molecular formula is C19H27NO3. The van der Waals surface area contributed by atoms with Crippen molar-refractivity contribution in [1.82, 2.24) is 0 Å². The van der Waals surface area contributed by atoms with Gasteiger partial charge in [-0.25, -0.2) is 4.99 Å². The predicted octanol–water partition coefficient (Wildman–Crippen LogP) is 4.30. The number of aliphatic imine (C=N–C) groups is 1. The van der Waals surface area contributed by atoms with E-state index in [-0.39, 0.29) is 17.4 Å². The van der Waals surface area contributed by atoms with E-state index in [9.17, 15) is 4.79 Å². The molecule has 0 N–H and O–H groups in total. The fraction of sp³-hybridized carbons (Fsp3) is 0.579. The first-order valence-electron chi connectivity index (χ1n) is 8.11. The Bertz CT molecular complexity index is 570. The van der Waals surface area contributed by atoms with Gasteiger partial charge in [0.1, 0.15) is 18.2 Å². The van der Waals surface area contributed by atoms with Gasteiger partial charge in [-0.15, -0.1) is 0 Å². The highest BCUT2D eigenvalue weighted by Gasteiger charge is 2.30. The third kappa shape index (κ3) is 5.70. The highest BCUT2D eigenvalue weighted by atomic mass is 16.6. The summed E-state index contributed by atoms with van der Waals surface area (Å²) in [6.45, 7) is 10.3. The Morgan fingerprint density at radius 2 is 1.87 bits per heavy atom. The lowest BCUT2D eigenvalue weighted by molar-refractivity contribution is -0.157. The van der Waals surface area contributed by atoms with Gasteiger partial charge in [0, 0.05) is 6.42 Å². The highest BCUT2D eigenvalue weighted by Crippen LogP contribution is 2.31. The van der Waals surface area contributed by atoms with Gasteiger partial charge >= 0.3 is 5.97 Å². The number of esters is 1. The van der Waals surface area contributed by atoms with Gasteiger partial charge in [-0.05, 0) is 31.7 Å². The fourth-order valence-corrected chi connectivity index (χ4v) is 2.61. The van der Waals surface area contributed by atoms with Gasteiger partial charge in [-0.2, -0.15) is 0 Å². The zero-order chi connectivity index (χ0) is 17.1. The molecule has 0 radical (unpaired) electrons. The smallest absolute Gasteiger partial charge is 0.306 e. The maximum Gasteiger partial charge on any atom is 0.306 e. The number of benzene rings is 1. The quantitative estimate of drug-likeness (QED) is 0.761. The molecule has 126 valence electrons. The Balaban J connectivity index is 1.94. The van der Waals surface area contributed by atoms with Crippen LogP contribution in [0.4, 0.5) is 0 Å². The van der Waals surface area contributed by atoms with E-state index in [1.54, 1.807) is 0 Å². The van der Waals surface area contributed by atoms with Crippen LogP contribution in [0.25, 0.3) is 0 Å². The van der Waals surface area contributed by atoms with Gasteiger partial charge in [0.15, 0.2) is 5.90 Å². The molecule has 1 atom stereocenters. The van der Waals surface area contributed by atoms with Gasteiger partial charge in [-0.1, -0.05) is 44.2 Å². The van der Waals surface area contributed by atoms with E-state index < -0.39 is 5.60 Å². The summed E-state index contributed by atoms with van der Waals surface area (Å²) < 4.78 is 11.1. The van der Waals surface area contributed by atoms with Crippen LogP contribution < -0.4 is 0 Å². The third-order valence-electron chi connectivity index (χ3n) is 3.56. The van der Waals surface area contributed by atoms with Crippen LogP contribution in [0.2, 0.25) is 0 Å². The molecule has 0 amide bonds. The molecule has 0 saturated heterocycles. The largest absolute Gasteiger partial charge is 0.478 e. The monoisotopic (exact) mass is 317 g/mol. The summed E-state index contributed by atoms with van der Waals surface area (Å²) in [6, 6.07) is 10.2. The van der Waals surface area contributed by atoms with E-state index in [0.717, 1.165) is 11.5 Å². The molecule has 4 nitrogen and oxygen atoms in total. The van der Waals surface area contributed by atoms with Crippen molar-refractivity contribution in [2.45, 2.75) is 59.1 Å². The summed E-state index contributed by atoms with van der Waals surface area (Å²) in [6.07, 6.45) is 0.984. The molecular weight excluding hydrogens is 290 g/mol. The second kappa shape index (κ2) is 6.73. The molecule has 1 aromatic carbocycles. The van der Waals surface area contributed by atoms with Crippen molar-refractivity contribution in [3.05, 3.63) is 35.9 Å². The number of carbonyl (C=O) groups excluding carboxylic acids is 1. The first-order chi connectivity index (χ1) is 10.6. The average molecular weight is 317 g/mol. The molecule has 1 aromatic rings. The van der Waals surface area contributed by atoms with Crippen molar-refractivity contribution in [3.8, 4) is 0 Å². The summed E-state index contributed by atoms with van der Waals surface area (Å²) in [5, 5.41) is 0. The van der Waals surface area contributed by atoms with Gasteiger partial charge in [-0.3, -0.25) is 4.79 Å². The van der Waals surface area contributed by atoms with Gasteiger partial charge in [0.2, 0.25) is 0 Å². The minimum atomic E-state index is -0.451. The molecule has 1 unspecified atom stereocenters. The minimum absolute atomic E-state index is 0.0588. The third-order valence-corrected chi connectivity index (χ3v) is 3.56. The lowest BCUT2D eigenvalue weighted by atomic mass is 9.85. The molecule has 23 heavy (non-hydrogen) atoms. The van der Waals surface area contributed by atoms with Crippen LogP contribution in [0.3, 0.4) is 0 Å². The van der Waals surface area contributed by atoms with Crippen LogP contribution in [0, 0.1) is 5.41 Å². The zero-order valence-corrected chi connectivity index (χ0v) is 14.8. The topological polar surface area (TPSA) is 47.9 Å². The second-order valence-electron chi connectivity index (χ2n) is 7.86. The number of nitrogens with zero attached hydrogens (tertiary/aromatic N) is 1. The average Bonchev–Trinajstić information content (AvgIpc) is 2.84. The number of hydrogen-bond donors (Lipinski definition) is 0. The number of hydrogen-bond acceptors (Lipinski definition) is 4. The molecule has 2 rings (SSSR count). The van der Waals surface area contributed by atoms with Gasteiger partial charge in [0.05, 0.1) is 6.42 Å². The fourth-order valence-electron chi connectivity index (χ4n) is 2.61. The summed E-state index contributed by atoms with van der Waals surface area (Å²) in [5.41, 5.74) is 0.465. The molecule has 1 heterocycles. The van der Waals surface area contributed by atoms with E-state index in [2.05, 4.69) is 17.1 Å². The van der Waals surface area contributed by atoms with Gasteiger partial charge < -0.3 is 9.47 Å². The lowest BCUT2D eigenvalue weighted by Gasteiger charge is -2.26. The number of rotatable bonds is 5. The van der Waals surface area contributed by atoms with Crippen molar-refractivity contribution in [1.29, 1.82) is 0 Å². The number of carbonyl (C=O) groups is 1. The molecule has 1 aliphatic heterocycles. The van der Waals surface area contributed by atoms with Crippen molar-refractivity contribution in [2.75, 3.05) is 6.61 Å². The van der Waals surface area contributed by atoms with Crippen molar-refractivity contribution in [2.24, 2.45) is 10.4 Å². The second-order valence-corrected chi connectivity index (χ2v) is 7.86. The Morgan fingerprint density at radius 3 is 2.48 bits per heavy atom. The van der Waals surface area contributed by atoms with Crippen LogP contribution in [0.5, 0.6) is 0 Å². The van der Waals surface area contributed by atoms with Crippen molar-refractivity contribution >= 4 is 11.9 Å². The molecule has 4 heteroatoms. The molecule has 0 bridgehead atoms. The Morgan fingerprint density at radius 1 is 1.22 bits per heavy atom. The first-order valence-corrected chi connectivity index (χ1v) is 8.11. The lowest BCUT2D eigenvalue weighted by Crippen LogP contribution is -2.28. The maximum atomic E-state index is 12.0. The minimum Gasteiger partial charge on any atom is -0.478 e. The number of ether oxygens (including phenoxy) is 2. The van der Waals surface area contributed by atoms with Crippen molar-refractivity contribution in [3.63, 3.8) is 0 Å². The summed E-state index contributed by atoms with van der Waals surface area (Å²) >= 11 is 0. The van der Waals surface area contributed by atoms with Crippen LogP contribution >= 0.6 is 0 Å². The van der Waals surface area contributed by atoms with E-state index in [1.165, 1.54) is 0 Å². The maximum absolute atomic E-state index is 12.0. The van der Waals surface area contributed by atoms with Crippen LogP contribution in [-0.4, -0.2) is 24.1 Å². The molecule has 0 fully saturated rings. The predicted molar refractivity (Wildman–Crippen MR) is 91.4 cm³/mol. The van der Waals surface area contributed by atoms with Crippen LogP contribution in [0.1, 0.15) is 59.1 Å². The molecule has 0 aromatic heterocycles. The van der Waals surface area contributed by atoms with Gasteiger partial charge in [0.25, 0.3) is 0 Å². The Kier molecular flexibility index (Phi) is 5.12. The molecule has 0 aliphatic carbocycles. The molecule has 0 saturated carbocycles. The van der Waals surface area contributed by atoms with Crippen LogP contribution in [-0.2, 0) is 14.3 Å². The molecule has 0 spiro atoms. The SMILES string of the molecule is CC(C)(CC(=O)OC(C)(C)C)CC1=NC(c2ccccc2)CO1. The van der Waals surface area contributed by atoms with Crippen LogP contribution in [0.15, 0.2) is 35.3 Å². The first kappa shape index (κ1) is 17.5.